The van der Waals surface area contributed by atoms with E-state index in [1.54, 1.807) is 5.51 Å². The molecule has 0 aromatic carbocycles. The summed E-state index contributed by atoms with van der Waals surface area (Å²) in [4.78, 5) is 4.98. The molecule has 0 amide bonds. The fourth-order valence-corrected chi connectivity index (χ4v) is 2.83. The summed E-state index contributed by atoms with van der Waals surface area (Å²) in [5, 5.41) is 8.62. The topological polar surface area (TPSA) is 70.5 Å². The van der Waals surface area contributed by atoms with Crippen LogP contribution >= 0.6 is 11.3 Å². The Hall–Kier alpha value is -0.500. The average Bonchev–Trinajstić information content (AvgIpc) is 2.52. The minimum absolute atomic E-state index is 0.235. The van der Waals surface area contributed by atoms with Crippen molar-refractivity contribution in [2.75, 3.05) is 19.4 Å². The lowest BCUT2D eigenvalue weighted by atomic mass is 10.4. The third kappa shape index (κ3) is 3.23. The van der Waals surface area contributed by atoms with E-state index in [9.17, 15) is 8.42 Å². The molecular weight excluding hydrogens is 236 g/mol. The maximum absolute atomic E-state index is 11.5. The molecule has 0 spiro atoms. The first-order valence-electron chi connectivity index (χ1n) is 4.41. The van der Waals surface area contributed by atoms with Crippen LogP contribution in [0.4, 0.5) is 0 Å². The normalized spacial score (nSPS) is 12.3. The zero-order valence-electron chi connectivity index (χ0n) is 8.67. The molecule has 15 heavy (non-hydrogen) atoms. The van der Waals surface area contributed by atoms with Gasteiger partial charge in [-0.1, -0.05) is 0 Å². The quantitative estimate of drug-likeness (QED) is 0.810. The van der Waals surface area contributed by atoms with Crippen molar-refractivity contribution >= 4 is 21.4 Å². The van der Waals surface area contributed by atoms with Gasteiger partial charge in [0.05, 0.1) is 23.6 Å². The minimum atomic E-state index is -3.34. The molecular formula is C8H14N2O3S2. The van der Waals surface area contributed by atoms with Gasteiger partial charge in [0.1, 0.15) is 0 Å². The van der Waals surface area contributed by atoms with E-state index in [1.165, 1.54) is 22.7 Å². The van der Waals surface area contributed by atoms with Crippen molar-refractivity contribution < 1.29 is 13.5 Å². The lowest BCUT2D eigenvalue weighted by molar-refractivity contribution is 0.316. The van der Waals surface area contributed by atoms with E-state index in [4.69, 9.17) is 5.11 Å². The second-order valence-corrected chi connectivity index (χ2v) is 6.29. The van der Waals surface area contributed by atoms with Crippen LogP contribution in [0.1, 0.15) is 10.6 Å². The van der Waals surface area contributed by atoms with Crippen molar-refractivity contribution in [3.63, 3.8) is 0 Å². The van der Waals surface area contributed by atoms with Gasteiger partial charge in [0.15, 0.2) is 0 Å². The standard InChI is InChI=1S/C8H14N2O3S2/c1-7-8(14-6-9-7)5-10(2)15(12,13)4-3-11/h6,11H,3-5H2,1-2H3. The predicted molar refractivity (Wildman–Crippen MR) is 59.2 cm³/mol. The Balaban J connectivity index is 2.72. The largest absolute Gasteiger partial charge is 0.395 e. The maximum Gasteiger partial charge on any atom is 0.216 e. The molecule has 0 atom stereocenters. The Kier molecular flexibility index (Phi) is 4.21. The van der Waals surface area contributed by atoms with Gasteiger partial charge in [-0.3, -0.25) is 0 Å². The highest BCUT2D eigenvalue weighted by Gasteiger charge is 2.18. The highest BCUT2D eigenvalue weighted by Crippen LogP contribution is 2.15. The summed E-state index contributed by atoms with van der Waals surface area (Å²) in [7, 11) is -1.84. The number of nitrogens with zero attached hydrogens (tertiary/aromatic N) is 2. The number of aliphatic hydroxyl groups excluding tert-OH is 1. The molecule has 1 heterocycles. The molecule has 86 valence electrons. The Bertz CT molecular complexity index is 413. The molecule has 0 aliphatic carbocycles. The Labute approximate surface area is 93.4 Å². The molecule has 0 saturated carbocycles. The Morgan fingerprint density at radius 1 is 1.60 bits per heavy atom. The summed E-state index contributed by atoms with van der Waals surface area (Å²) >= 11 is 1.43. The molecule has 1 aromatic rings. The van der Waals surface area contributed by atoms with Gasteiger partial charge in [0.25, 0.3) is 0 Å². The van der Waals surface area contributed by atoms with Crippen LogP contribution in [0.25, 0.3) is 0 Å². The van der Waals surface area contributed by atoms with E-state index in [0.717, 1.165) is 10.6 Å². The van der Waals surface area contributed by atoms with Gasteiger partial charge in [-0.25, -0.2) is 13.4 Å². The molecule has 0 unspecified atom stereocenters. The first-order chi connectivity index (χ1) is 6.97. The number of rotatable bonds is 5. The van der Waals surface area contributed by atoms with Crippen LogP contribution in [-0.2, 0) is 16.6 Å². The van der Waals surface area contributed by atoms with Gasteiger partial charge < -0.3 is 5.11 Å². The van der Waals surface area contributed by atoms with Crippen LogP contribution < -0.4 is 0 Å². The van der Waals surface area contributed by atoms with Gasteiger partial charge in [-0.05, 0) is 6.92 Å². The van der Waals surface area contributed by atoms with Crippen LogP contribution in [0.3, 0.4) is 0 Å². The number of aliphatic hydroxyl groups is 1. The third-order valence-corrected chi connectivity index (χ3v) is 4.73. The predicted octanol–water partition coefficient (Wildman–Crippen LogP) is 0.205. The Morgan fingerprint density at radius 2 is 2.27 bits per heavy atom. The summed E-state index contributed by atoms with van der Waals surface area (Å²) in [6.45, 7) is 1.81. The molecule has 0 aliphatic heterocycles. The molecule has 5 nitrogen and oxygen atoms in total. The van der Waals surface area contributed by atoms with Crippen molar-refractivity contribution in [2.45, 2.75) is 13.5 Å². The Morgan fingerprint density at radius 3 is 2.73 bits per heavy atom. The second-order valence-electron chi connectivity index (χ2n) is 3.16. The van der Waals surface area contributed by atoms with Crippen LogP contribution in [0.15, 0.2) is 5.51 Å². The molecule has 1 N–H and O–H groups in total. The molecule has 7 heteroatoms. The molecule has 0 radical (unpaired) electrons. The summed E-state index contributed by atoms with van der Waals surface area (Å²) in [5.41, 5.74) is 2.54. The smallest absolute Gasteiger partial charge is 0.216 e. The van der Waals surface area contributed by atoms with Crippen LogP contribution in [0.2, 0.25) is 0 Å². The summed E-state index contributed by atoms with van der Waals surface area (Å²) in [5.74, 6) is -0.235. The monoisotopic (exact) mass is 250 g/mol. The van der Waals surface area contributed by atoms with Crippen molar-refractivity contribution in [2.24, 2.45) is 0 Å². The van der Waals surface area contributed by atoms with E-state index >= 15 is 0 Å². The molecule has 1 aromatic heterocycles. The summed E-state index contributed by atoms with van der Waals surface area (Å²) in [6, 6.07) is 0. The summed E-state index contributed by atoms with van der Waals surface area (Å²) in [6.07, 6.45) is 0. The van der Waals surface area contributed by atoms with Gasteiger partial charge in [0, 0.05) is 18.5 Å². The fourth-order valence-electron chi connectivity index (χ4n) is 1.05. The SMILES string of the molecule is Cc1ncsc1CN(C)S(=O)(=O)CCO. The van der Waals surface area contributed by atoms with Crippen LogP contribution in [-0.4, -0.2) is 42.2 Å². The maximum atomic E-state index is 11.5. The van der Waals surface area contributed by atoms with E-state index in [0.29, 0.717) is 6.54 Å². The first-order valence-corrected chi connectivity index (χ1v) is 6.90. The molecule has 0 fully saturated rings. The minimum Gasteiger partial charge on any atom is -0.395 e. The van der Waals surface area contributed by atoms with Crippen molar-refractivity contribution in [1.82, 2.24) is 9.29 Å². The number of sulfonamides is 1. The molecule has 0 saturated heterocycles. The lowest BCUT2D eigenvalue weighted by Crippen LogP contribution is -2.29. The fraction of sp³-hybridized carbons (Fsp3) is 0.625. The first kappa shape index (κ1) is 12.6. The molecule has 0 aliphatic rings. The number of aromatic nitrogens is 1. The third-order valence-electron chi connectivity index (χ3n) is 2.04. The van der Waals surface area contributed by atoms with Gasteiger partial charge in [0.2, 0.25) is 10.0 Å². The highest BCUT2D eigenvalue weighted by molar-refractivity contribution is 7.89. The number of hydrogen-bond acceptors (Lipinski definition) is 5. The van der Waals surface area contributed by atoms with E-state index in [2.05, 4.69) is 4.98 Å². The van der Waals surface area contributed by atoms with E-state index in [-0.39, 0.29) is 12.4 Å². The average molecular weight is 250 g/mol. The number of aryl methyl sites for hydroxylation is 1. The molecule has 0 bridgehead atoms. The van der Waals surface area contributed by atoms with E-state index < -0.39 is 10.0 Å². The summed E-state index contributed by atoms with van der Waals surface area (Å²) < 4.78 is 24.3. The van der Waals surface area contributed by atoms with Gasteiger partial charge in [-0.15, -0.1) is 11.3 Å². The van der Waals surface area contributed by atoms with Gasteiger partial charge >= 0.3 is 0 Å². The second kappa shape index (κ2) is 5.02. The zero-order chi connectivity index (χ0) is 11.5. The van der Waals surface area contributed by atoms with Crippen LogP contribution in [0.5, 0.6) is 0 Å². The highest BCUT2D eigenvalue weighted by atomic mass is 32.2. The van der Waals surface area contributed by atoms with Crippen molar-refractivity contribution in [3.8, 4) is 0 Å². The van der Waals surface area contributed by atoms with Crippen molar-refractivity contribution in [3.05, 3.63) is 16.1 Å². The van der Waals surface area contributed by atoms with E-state index in [1.807, 2.05) is 6.92 Å². The lowest BCUT2D eigenvalue weighted by Gasteiger charge is -2.15. The number of thiazole rings is 1. The zero-order valence-corrected chi connectivity index (χ0v) is 10.3. The number of hydrogen-bond donors (Lipinski definition) is 1. The van der Waals surface area contributed by atoms with Crippen molar-refractivity contribution in [1.29, 1.82) is 0 Å². The van der Waals surface area contributed by atoms with Gasteiger partial charge in [-0.2, -0.15) is 4.31 Å². The molecule has 1 rings (SSSR count). The van der Waals surface area contributed by atoms with Crippen LogP contribution in [0, 0.1) is 6.92 Å².